The van der Waals surface area contributed by atoms with Crippen LogP contribution in [0.15, 0.2) is 103 Å². The largest absolute Gasteiger partial charge is 0.480 e. The molecule has 4 aromatic carbocycles. The van der Waals surface area contributed by atoms with E-state index in [0.717, 1.165) is 16.6 Å². The molecule has 0 radical (unpaired) electrons. The Morgan fingerprint density at radius 2 is 1.49 bits per heavy atom. The van der Waals surface area contributed by atoms with E-state index in [9.17, 15) is 29.1 Å². The number of esters is 1. The first-order valence-electron chi connectivity index (χ1n) is 16.0. The molecule has 0 saturated carbocycles. The average Bonchev–Trinajstić information content (AvgIpc) is 3.55. The molecule has 14 heteroatoms. The normalized spacial score (nSPS) is 11.2. The predicted molar refractivity (Wildman–Crippen MR) is 187 cm³/mol. The van der Waals surface area contributed by atoms with Crippen LogP contribution >= 0.6 is 0 Å². The lowest BCUT2D eigenvalue weighted by molar-refractivity contribution is -0.139. The van der Waals surface area contributed by atoms with Crippen LogP contribution in [0.1, 0.15) is 44.6 Å². The van der Waals surface area contributed by atoms with Crippen molar-refractivity contribution in [1.29, 1.82) is 0 Å². The number of para-hydroxylation sites is 2. The number of fused-ring (bicyclic) bond motifs is 1. The van der Waals surface area contributed by atoms with Crippen molar-refractivity contribution in [3.8, 4) is 0 Å². The number of rotatable bonds is 14. The van der Waals surface area contributed by atoms with Crippen LogP contribution in [0, 0.1) is 0 Å². The highest BCUT2D eigenvalue weighted by Crippen LogP contribution is 2.17. The molecule has 0 aliphatic rings. The summed E-state index contributed by atoms with van der Waals surface area (Å²) < 4.78 is 10.1. The summed E-state index contributed by atoms with van der Waals surface area (Å²) in [7, 11) is 0. The number of aromatic amines is 1. The minimum atomic E-state index is -1.43. The van der Waals surface area contributed by atoms with E-state index in [2.05, 4.69) is 25.9 Å². The van der Waals surface area contributed by atoms with Crippen molar-refractivity contribution in [2.75, 3.05) is 18.5 Å². The third-order valence-electron chi connectivity index (χ3n) is 7.57. The van der Waals surface area contributed by atoms with Gasteiger partial charge in [-0.2, -0.15) is 0 Å². The van der Waals surface area contributed by atoms with Gasteiger partial charge in [0.2, 0.25) is 0 Å². The number of carbonyl (C=O) groups excluding carboxylic acids is 4. The second kappa shape index (κ2) is 17.1. The van der Waals surface area contributed by atoms with E-state index < -0.39 is 36.0 Å². The summed E-state index contributed by atoms with van der Waals surface area (Å²) in [6.45, 7) is 1.80. The van der Waals surface area contributed by atoms with E-state index in [4.69, 9.17) is 9.47 Å². The van der Waals surface area contributed by atoms with Gasteiger partial charge in [-0.1, -0.05) is 54.6 Å². The third kappa shape index (κ3) is 10.2. The second-order valence-corrected chi connectivity index (χ2v) is 11.3. The van der Waals surface area contributed by atoms with Gasteiger partial charge in [0, 0.05) is 24.3 Å². The van der Waals surface area contributed by atoms with Gasteiger partial charge in [-0.15, -0.1) is 0 Å². The number of aliphatic carboxylic acids is 1. The highest BCUT2D eigenvalue weighted by molar-refractivity contribution is 5.95. The maximum atomic E-state index is 13.6. The Hall–Kier alpha value is -6.70. The predicted octanol–water partition coefficient (Wildman–Crippen LogP) is 5.08. The Balaban J connectivity index is 1.21. The fraction of sp³-hybridized carbons (Fsp3) is 0.189. The Morgan fingerprint density at radius 3 is 2.18 bits per heavy atom. The molecule has 262 valence electrons. The van der Waals surface area contributed by atoms with E-state index in [1.54, 1.807) is 79.7 Å². The van der Waals surface area contributed by atoms with Crippen molar-refractivity contribution in [2.24, 2.45) is 0 Å². The number of benzene rings is 4. The number of hydrogen-bond acceptors (Lipinski definition) is 8. The van der Waals surface area contributed by atoms with Gasteiger partial charge in [-0.25, -0.2) is 24.2 Å². The number of H-pyrrole nitrogens is 1. The number of carboxylic acids is 1. The van der Waals surface area contributed by atoms with E-state index >= 15 is 0 Å². The summed E-state index contributed by atoms with van der Waals surface area (Å²) in [5.74, 6) is -1.81. The zero-order valence-electron chi connectivity index (χ0n) is 27.6. The van der Waals surface area contributed by atoms with Gasteiger partial charge < -0.3 is 40.4 Å². The summed E-state index contributed by atoms with van der Waals surface area (Å²) in [6.07, 6.45) is -0.935. The van der Waals surface area contributed by atoms with Crippen LogP contribution in [-0.4, -0.2) is 69.1 Å². The van der Waals surface area contributed by atoms with Crippen LogP contribution in [0.25, 0.3) is 11.0 Å². The molecule has 0 aliphatic heterocycles. The lowest BCUT2D eigenvalue weighted by Crippen LogP contribution is -2.48. The first kappa shape index (κ1) is 35.6. The summed E-state index contributed by atoms with van der Waals surface area (Å²) >= 11 is 0. The molecular weight excluding hydrogens is 656 g/mol. The zero-order valence-corrected chi connectivity index (χ0v) is 27.6. The monoisotopic (exact) mass is 692 g/mol. The number of imidazole rings is 1. The molecule has 1 aromatic heterocycles. The minimum absolute atomic E-state index is 0.0424. The molecule has 51 heavy (non-hydrogen) atoms. The molecule has 5 rings (SSSR count). The number of nitrogens with one attached hydrogen (secondary N) is 4. The SMILES string of the molecule is CCOC(=O)c1ccc(NC(=O)N(Cc2ccc(C(=O)NCC(NC(=O)OCc3ccccc3)C(=O)O)cc2)Cc2nc3ccccc3[nH]2)cc1. The number of hydrogen-bond donors (Lipinski definition) is 5. The van der Waals surface area contributed by atoms with Crippen molar-refractivity contribution in [2.45, 2.75) is 32.7 Å². The first-order valence-corrected chi connectivity index (χ1v) is 16.0. The molecule has 14 nitrogen and oxygen atoms in total. The topological polar surface area (TPSA) is 192 Å². The van der Waals surface area contributed by atoms with Gasteiger partial charge in [0.25, 0.3) is 5.91 Å². The Labute approximate surface area is 292 Å². The van der Waals surface area contributed by atoms with Crippen LogP contribution in [-0.2, 0) is 34.0 Å². The van der Waals surface area contributed by atoms with E-state index in [0.29, 0.717) is 22.6 Å². The molecule has 5 aromatic rings. The number of carbonyl (C=O) groups is 5. The molecule has 0 aliphatic carbocycles. The zero-order chi connectivity index (χ0) is 36.2. The second-order valence-electron chi connectivity index (χ2n) is 11.3. The average molecular weight is 693 g/mol. The number of ether oxygens (including phenoxy) is 2. The minimum Gasteiger partial charge on any atom is -0.480 e. The Bertz CT molecular complexity index is 1950. The molecule has 1 atom stereocenters. The molecule has 0 spiro atoms. The molecule has 0 saturated heterocycles. The highest BCUT2D eigenvalue weighted by atomic mass is 16.5. The number of anilines is 1. The maximum absolute atomic E-state index is 13.6. The molecule has 5 N–H and O–H groups in total. The van der Waals surface area contributed by atoms with E-state index in [-0.39, 0.29) is 38.4 Å². The third-order valence-corrected chi connectivity index (χ3v) is 7.57. The van der Waals surface area contributed by atoms with Gasteiger partial charge in [-0.05, 0) is 66.6 Å². The fourth-order valence-electron chi connectivity index (χ4n) is 4.95. The van der Waals surface area contributed by atoms with Crippen molar-refractivity contribution in [3.63, 3.8) is 0 Å². The fourth-order valence-corrected chi connectivity index (χ4v) is 4.95. The maximum Gasteiger partial charge on any atom is 0.408 e. The molecular formula is C37H36N6O8. The molecule has 1 heterocycles. The first-order chi connectivity index (χ1) is 24.7. The van der Waals surface area contributed by atoms with Crippen LogP contribution in [0.2, 0.25) is 0 Å². The van der Waals surface area contributed by atoms with Gasteiger partial charge in [0.1, 0.15) is 18.5 Å². The lowest BCUT2D eigenvalue weighted by atomic mass is 10.1. The lowest BCUT2D eigenvalue weighted by Gasteiger charge is -2.22. The number of carboxylic acid groups (broad SMARTS) is 1. The van der Waals surface area contributed by atoms with Gasteiger partial charge in [0.05, 0.1) is 29.7 Å². The highest BCUT2D eigenvalue weighted by Gasteiger charge is 2.22. The standard InChI is InChI=1S/C37H36N6O8/c1-2-50-35(47)27-16-18-28(19-17-27)39-36(48)43(22-32-40-29-10-6-7-11-30(29)41-32)21-24-12-14-26(15-13-24)33(44)38-20-31(34(45)46)42-37(49)51-23-25-8-4-3-5-9-25/h3-19,31H,2,20-23H2,1H3,(H,38,44)(H,39,48)(H,40,41)(H,42,49)(H,45,46). The summed E-state index contributed by atoms with van der Waals surface area (Å²) in [6, 6.07) is 27.3. The Kier molecular flexibility index (Phi) is 11.9. The van der Waals surface area contributed by atoms with Crippen LogP contribution < -0.4 is 16.0 Å². The number of alkyl carbamates (subject to hydrolysis) is 1. The van der Waals surface area contributed by atoms with E-state index in [1.807, 2.05) is 30.3 Å². The smallest absolute Gasteiger partial charge is 0.408 e. The van der Waals surface area contributed by atoms with Crippen LogP contribution in [0.4, 0.5) is 15.3 Å². The Morgan fingerprint density at radius 1 is 0.804 bits per heavy atom. The van der Waals surface area contributed by atoms with Crippen LogP contribution in [0.3, 0.4) is 0 Å². The molecule has 4 amide bonds. The van der Waals surface area contributed by atoms with Gasteiger partial charge >= 0.3 is 24.1 Å². The quantitative estimate of drug-likeness (QED) is 0.0987. The summed E-state index contributed by atoms with van der Waals surface area (Å²) in [5, 5.41) is 17.2. The van der Waals surface area contributed by atoms with Gasteiger partial charge in [0.15, 0.2) is 0 Å². The molecule has 0 bridgehead atoms. The van der Waals surface area contributed by atoms with Crippen molar-refractivity contribution in [1.82, 2.24) is 25.5 Å². The summed E-state index contributed by atoms with van der Waals surface area (Å²) in [4.78, 5) is 71.7. The number of nitrogens with zero attached hydrogens (tertiary/aromatic N) is 2. The molecule has 1 unspecified atom stereocenters. The molecule has 0 fully saturated rings. The van der Waals surface area contributed by atoms with Crippen molar-refractivity contribution >= 4 is 46.7 Å². The number of amides is 4. The van der Waals surface area contributed by atoms with Gasteiger partial charge in [-0.3, -0.25) is 4.79 Å². The van der Waals surface area contributed by atoms with E-state index in [1.165, 1.54) is 4.90 Å². The van der Waals surface area contributed by atoms with Crippen molar-refractivity contribution < 1.29 is 38.6 Å². The number of urea groups is 1. The van der Waals surface area contributed by atoms with Crippen molar-refractivity contribution in [3.05, 3.63) is 131 Å². The summed E-state index contributed by atoms with van der Waals surface area (Å²) in [5.41, 5.74) is 4.06. The number of aromatic nitrogens is 2. The van der Waals surface area contributed by atoms with Crippen LogP contribution in [0.5, 0.6) is 0 Å².